The number of aromatic hydroxyl groups is 1. The summed E-state index contributed by atoms with van der Waals surface area (Å²) in [6, 6.07) is 24.0. The van der Waals surface area contributed by atoms with Gasteiger partial charge in [0.15, 0.2) is 0 Å². The largest absolute Gasteiger partial charge is 0.508 e. The monoisotopic (exact) mass is 299 g/mol. The molecule has 0 unspecified atom stereocenters. The van der Waals surface area contributed by atoms with E-state index in [0.29, 0.717) is 12.2 Å². The lowest BCUT2D eigenvalue weighted by Gasteiger charge is -2.13. The number of hydrogen-bond donors (Lipinski definition) is 2. The van der Waals surface area contributed by atoms with Gasteiger partial charge < -0.3 is 10.8 Å². The number of phenols is 1. The van der Waals surface area contributed by atoms with Crippen molar-refractivity contribution in [3.05, 3.63) is 83.9 Å². The summed E-state index contributed by atoms with van der Waals surface area (Å²) in [5, 5.41) is 14.9. The average Bonchev–Trinajstić information content (AvgIpc) is 2.59. The van der Waals surface area contributed by atoms with Gasteiger partial charge in [-0.1, -0.05) is 60.7 Å². The summed E-state index contributed by atoms with van der Waals surface area (Å²) in [5.41, 5.74) is 8.99. The fourth-order valence-electron chi connectivity index (χ4n) is 3.24. The van der Waals surface area contributed by atoms with Gasteiger partial charge in [-0.3, -0.25) is 0 Å². The number of nitrogens with two attached hydrogens (primary N) is 1. The standard InChI is InChI=1S/C21H17NO/c22-20-11-9-14-5-1-3-7-16(14)18(20)13-19-17-8-4-2-6-15(17)10-12-21(19)23/h1-12,23H,13,22H2. The number of phenolic OH excluding ortho intramolecular Hbond substituents is 1. The second kappa shape index (κ2) is 5.33. The van der Waals surface area contributed by atoms with Crippen LogP contribution in [0.15, 0.2) is 72.8 Å². The number of hydrogen-bond acceptors (Lipinski definition) is 2. The molecule has 0 heterocycles. The van der Waals surface area contributed by atoms with Gasteiger partial charge in [-0.25, -0.2) is 0 Å². The molecule has 3 N–H and O–H groups in total. The molecule has 23 heavy (non-hydrogen) atoms. The molecule has 0 radical (unpaired) electrons. The third kappa shape index (κ3) is 2.29. The van der Waals surface area contributed by atoms with Gasteiger partial charge in [0, 0.05) is 17.7 Å². The molecular formula is C21H17NO. The van der Waals surface area contributed by atoms with Crippen LogP contribution < -0.4 is 5.73 Å². The van der Waals surface area contributed by atoms with Gasteiger partial charge in [0.25, 0.3) is 0 Å². The van der Waals surface area contributed by atoms with Gasteiger partial charge in [0.05, 0.1) is 0 Å². The van der Waals surface area contributed by atoms with Crippen molar-refractivity contribution in [2.24, 2.45) is 0 Å². The Labute approximate surface area is 134 Å². The Morgan fingerprint density at radius 3 is 1.91 bits per heavy atom. The van der Waals surface area contributed by atoms with E-state index in [0.717, 1.165) is 38.4 Å². The van der Waals surface area contributed by atoms with Crippen LogP contribution in [0.4, 0.5) is 5.69 Å². The Balaban J connectivity index is 1.95. The molecule has 0 spiro atoms. The minimum atomic E-state index is 0.316. The number of anilines is 1. The van der Waals surface area contributed by atoms with Crippen molar-refractivity contribution in [2.45, 2.75) is 6.42 Å². The number of benzene rings is 4. The molecule has 0 aliphatic rings. The van der Waals surface area contributed by atoms with E-state index in [1.165, 1.54) is 0 Å². The zero-order valence-corrected chi connectivity index (χ0v) is 12.7. The van der Waals surface area contributed by atoms with E-state index < -0.39 is 0 Å². The second-order valence-electron chi connectivity index (χ2n) is 5.82. The summed E-state index contributed by atoms with van der Waals surface area (Å²) in [5.74, 6) is 0.316. The van der Waals surface area contributed by atoms with Crippen LogP contribution in [0, 0.1) is 0 Å². The SMILES string of the molecule is Nc1ccc2ccccc2c1Cc1c(O)ccc2ccccc12. The predicted octanol–water partition coefficient (Wildman–Crippen LogP) is 4.87. The highest BCUT2D eigenvalue weighted by Crippen LogP contribution is 2.33. The van der Waals surface area contributed by atoms with E-state index in [-0.39, 0.29) is 0 Å². The van der Waals surface area contributed by atoms with Crippen LogP contribution in [0.3, 0.4) is 0 Å². The molecule has 4 aromatic carbocycles. The molecule has 0 atom stereocenters. The van der Waals surface area contributed by atoms with E-state index in [4.69, 9.17) is 5.73 Å². The summed E-state index contributed by atoms with van der Waals surface area (Å²) in [7, 11) is 0. The topological polar surface area (TPSA) is 46.2 Å². The van der Waals surface area contributed by atoms with Crippen LogP contribution in [0.2, 0.25) is 0 Å². The van der Waals surface area contributed by atoms with Crippen molar-refractivity contribution < 1.29 is 5.11 Å². The molecule has 2 nitrogen and oxygen atoms in total. The minimum absolute atomic E-state index is 0.316. The summed E-state index contributed by atoms with van der Waals surface area (Å²) >= 11 is 0. The lowest BCUT2D eigenvalue weighted by molar-refractivity contribution is 0.470. The second-order valence-corrected chi connectivity index (χ2v) is 5.82. The van der Waals surface area contributed by atoms with Crippen molar-refractivity contribution in [2.75, 3.05) is 5.73 Å². The summed E-state index contributed by atoms with van der Waals surface area (Å²) < 4.78 is 0. The molecular weight excluding hydrogens is 282 g/mol. The van der Waals surface area contributed by atoms with Crippen LogP contribution in [0.5, 0.6) is 5.75 Å². The highest BCUT2D eigenvalue weighted by atomic mass is 16.3. The maximum atomic E-state index is 10.4. The molecule has 0 aliphatic carbocycles. The quantitative estimate of drug-likeness (QED) is 0.519. The molecule has 0 saturated carbocycles. The summed E-state index contributed by atoms with van der Waals surface area (Å²) in [6.07, 6.45) is 0.611. The van der Waals surface area contributed by atoms with Gasteiger partial charge in [-0.05, 0) is 39.2 Å². The molecule has 0 fully saturated rings. The Morgan fingerprint density at radius 1 is 0.652 bits per heavy atom. The van der Waals surface area contributed by atoms with Crippen molar-refractivity contribution in [1.82, 2.24) is 0 Å². The molecule has 112 valence electrons. The van der Waals surface area contributed by atoms with Gasteiger partial charge in [0.1, 0.15) is 5.75 Å². The third-order valence-corrected chi connectivity index (χ3v) is 4.45. The van der Waals surface area contributed by atoms with E-state index in [2.05, 4.69) is 18.2 Å². The van der Waals surface area contributed by atoms with Crippen LogP contribution in [0.25, 0.3) is 21.5 Å². The fourth-order valence-corrected chi connectivity index (χ4v) is 3.24. The smallest absolute Gasteiger partial charge is 0.119 e. The normalized spacial score (nSPS) is 11.1. The summed E-state index contributed by atoms with van der Waals surface area (Å²) in [4.78, 5) is 0. The van der Waals surface area contributed by atoms with Crippen molar-refractivity contribution in [3.63, 3.8) is 0 Å². The molecule has 0 saturated heterocycles. The number of nitrogen functional groups attached to an aromatic ring is 1. The lowest BCUT2D eigenvalue weighted by atomic mass is 9.93. The molecule has 2 heteroatoms. The lowest BCUT2D eigenvalue weighted by Crippen LogP contribution is -1.98. The number of fused-ring (bicyclic) bond motifs is 2. The first kappa shape index (κ1) is 13.6. The molecule has 0 aromatic heterocycles. The Hall–Kier alpha value is -3.00. The molecule has 0 bridgehead atoms. The van der Waals surface area contributed by atoms with Gasteiger partial charge >= 0.3 is 0 Å². The average molecular weight is 299 g/mol. The van der Waals surface area contributed by atoms with Crippen molar-refractivity contribution in [3.8, 4) is 5.75 Å². The first-order valence-corrected chi connectivity index (χ1v) is 7.70. The van der Waals surface area contributed by atoms with Crippen molar-refractivity contribution >= 4 is 27.2 Å². The van der Waals surface area contributed by atoms with Crippen LogP contribution in [-0.2, 0) is 6.42 Å². The third-order valence-electron chi connectivity index (χ3n) is 4.45. The summed E-state index contributed by atoms with van der Waals surface area (Å²) in [6.45, 7) is 0. The minimum Gasteiger partial charge on any atom is -0.508 e. The van der Waals surface area contributed by atoms with E-state index in [9.17, 15) is 5.11 Å². The van der Waals surface area contributed by atoms with E-state index in [1.54, 1.807) is 6.07 Å². The van der Waals surface area contributed by atoms with Crippen molar-refractivity contribution in [1.29, 1.82) is 0 Å². The Morgan fingerprint density at radius 2 is 1.22 bits per heavy atom. The van der Waals surface area contributed by atoms with E-state index >= 15 is 0 Å². The van der Waals surface area contributed by atoms with Gasteiger partial charge in [0.2, 0.25) is 0 Å². The van der Waals surface area contributed by atoms with E-state index in [1.807, 2.05) is 48.5 Å². The first-order chi connectivity index (χ1) is 11.2. The van der Waals surface area contributed by atoms with Crippen LogP contribution >= 0.6 is 0 Å². The first-order valence-electron chi connectivity index (χ1n) is 7.70. The fraction of sp³-hybridized carbons (Fsp3) is 0.0476. The zero-order chi connectivity index (χ0) is 15.8. The molecule has 4 rings (SSSR count). The Kier molecular flexibility index (Phi) is 3.16. The zero-order valence-electron chi connectivity index (χ0n) is 12.7. The maximum absolute atomic E-state index is 10.4. The maximum Gasteiger partial charge on any atom is 0.119 e. The van der Waals surface area contributed by atoms with Crippen LogP contribution in [-0.4, -0.2) is 5.11 Å². The predicted molar refractivity (Wildman–Crippen MR) is 96.8 cm³/mol. The molecule has 4 aromatic rings. The highest BCUT2D eigenvalue weighted by Gasteiger charge is 2.12. The Bertz CT molecular complexity index is 937. The number of rotatable bonds is 2. The molecule has 0 amide bonds. The van der Waals surface area contributed by atoms with Crippen LogP contribution in [0.1, 0.15) is 11.1 Å². The molecule has 0 aliphatic heterocycles. The highest BCUT2D eigenvalue weighted by molar-refractivity contribution is 5.92. The van der Waals surface area contributed by atoms with Gasteiger partial charge in [-0.2, -0.15) is 0 Å². The van der Waals surface area contributed by atoms with Gasteiger partial charge in [-0.15, -0.1) is 0 Å².